The molecule has 0 fully saturated rings. The van der Waals surface area contributed by atoms with Crippen molar-refractivity contribution in [1.29, 1.82) is 0 Å². The zero-order valence-electron chi connectivity index (χ0n) is 11.1. The molecule has 0 aliphatic heterocycles. The van der Waals surface area contributed by atoms with Crippen molar-refractivity contribution in [2.24, 2.45) is 5.41 Å². The number of carbonyl (C=O) groups is 1. The number of hydrogen-bond donors (Lipinski definition) is 0. The predicted octanol–water partition coefficient (Wildman–Crippen LogP) is 3.58. The maximum absolute atomic E-state index is 11.2. The summed E-state index contributed by atoms with van der Waals surface area (Å²) in [6, 6.07) is 4.24. The van der Waals surface area contributed by atoms with Gasteiger partial charge in [-0.1, -0.05) is 33.3 Å². The first-order valence-corrected chi connectivity index (χ1v) is 7.22. The Balaban J connectivity index is 2.58. The van der Waals surface area contributed by atoms with E-state index >= 15 is 0 Å². The van der Waals surface area contributed by atoms with Crippen molar-refractivity contribution in [2.75, 3.05) is 13.1 Å². The maximum Gasteiger partial charge on any atom is 0.127 e. The van der Waals surface area contributed by atoms with Gasteiger partial charge in [-0.15, -0.1) is 11.3 Å². The molecule has 0 saturated heterocycles. The van der Waals surface area contributed by atoms with E-state index in [1.54, 1.807) is 11.3 Å². The van der Waals surface area contributed by atoms with Gasteiger partial charge in [-0.2, -0.15) is 0 Å². The summed E-state index contributed by atoms with van der Waals surface area (Å²) in [5, 5.41) is 2.11. The number of thiophene rings is 1. The quantitative estimate of drug-likeness (QED) is 0.660. The topological polar surface area (TPSA) is 20.3 Å². The first kappa shape index (κ1) is 14.4. The molecule has 1 unspecified atom stereocenters. The maximum atomic E-state index is 11.2. The third kappa shape index (κ3) is 4.60. The molecule has 2 nitrogen and oxygen atoms in total. The monoisotopic (exact) mass is 253 g/mol. The van der Waals surface area contributed by atoms with Gasteiger partial charge in [-0.3, -0.25) is 4.90 Å². The van der Waals surface area contributed by atoms with Gasteiger partial charge in [0.2, 0.25) is 0 Å². The van der Waals surface area contributed by atoms with Crippen molar-refractivity contribution >= 4 is 17.6 Å². The highest BCUT2D eigenvalue weighted by molar-refractivity contribution is 7.09. The Morgan fingerprint density at radius 3 is 2.71 bits per heavy atom. The van der Waals surface area contributed by atoms with Gasteiger partial charge in [0.15, 0.2) is 0 Å². The minimum Gasteiger partial charge on any atom is -0.303 e. The van der Waals surface area contributed by atoms with Gasteiger partial charge < -0.3 is 4.79 Å². The van der Waals surface area contributed by atoms with Gasteiger partial charge in [-0.25, -0.2) is 0 Å². The van der Waals surface area contributed by atoms with Gasteiger partial charge in [0.1, 0.15) is 6.29 Å². The van der Waals surface area contributed by atoms with Crippen LogP contribution in [-0.2, 0) is 11.3 Å². The number of hydrogen-bond acceptors (Lipinski definition) is 3. The molecular weight excluding hydrogens is 230 g/mol. The van der Waals surface area contributed by atoms with Crippen LogP contribution in [0.25, 0.3) is 0 Å². The van der Waals surface area contributed by atoms with E-state index in [1.165, 1.54) is 4.88 Å². The molecule has 1 atom stereocenters. The van der Waals surface area contributed by atoms with Gasteiger partial charge in [-0.05, 0) is 24.4 Å². The zero-order chi connectivity index (χ0) is 12.7. The van der Waals surface area contributed by atoms with Gasteiger partial charge in [0.05, 0.1) is 0 Å². The van der Waals surface area contributed by atoms with Crippen molar-refractivity contribution in [2.45, 2.75) is 40.2 Å². The highest BCUT2D eigenvalue weighted by Gasteiger charge is 2.25. The number of nitrogens with zero attached hydrogens (tertiary/aromatic N) is 1. The van der Waals surface area contributed by atoms with Crippen LogP contribution in [0.15, 0.2) is 17.5 Å². The number of aldehydes is 1. The fourth-order valence-electron chi connectivity index (χ4n) is 2.16. The van der Waals surface area contributed by atoms with E-state index in [1.807, 2.05) is 0 Å². The SMILES string of the molecule is CCCC(C)(C=O)CN(CC)Cc1cccs1. The molecule has 0 radical (unpaired) electrons. The fraction of sp³-hybridized carbons (Fsp3) is 0.643. The first-order valence-electron chi connectivity index (χ1n) is 6.34. The molecule has 0 amide bonds. The smallest absolute Gasteiger partial charge is 0.127 e. The van der Waals surface area contributed by atoms with Crippen molar-refractivity contribution in [3.8, 4) is 0 Å². The van der Waals surface area contributed by atoms with Crippen LogP contribution in [0, 0.1) is 5.41 Å². The van der Waals surface area contributed by atoms with Crippen molar-refractivity contribution in [3.05, 3.63) is 22.4 Å². The number of rotatable bonds is 8. The van der Waals surface area contributed by atoms with Crippen LogP contribution in [0.5, 0.6) is 0 Å². The highest BCUT2D eigenvalue weighted by atomic mass is 32.1. The molecule has 1 aromatic heterocycles. The lowest BCUT2D eigenvalue weighted by molar-refractivity contribution is -0.116. The molecule has 0 aliphatic carbocycles. The lowest BCUT2D eigenvalue weighted by Gasteiger charge is -2.30. The van der Waals surface area contributed by atoms with E-state index in [9.17, 15) is 4.79 Å². The molecule has 3 heteroatoms. The average molecular weight is 253 g/mol. The largest absolute Gasteiger partial charge is 0.303 e. The van der Waals surface area contributed by atoms with Crippen LogP contribution < -0.4 is 0 Å². The van der Waals surface area contributed by atoms with Crippen molar-refractivity contribution in [3.63, 3.8) is 0 Å². The summed E-state index contributed by atoms with van der Waals surface area (Å²) in [6.45, 7) is 9.17. The Morgan fingerprint density at radius 1 is 1.47 bits per heavy atom. The van der Waals surface area contributed by atoms with Crippen molar-refractivity contribution in [1.82, 2.24) is 4.90 Å². The second-order valence-corrected chi connectivity index (χ2v) is 5.94. The molecule has 1 heterocycles. The van der Waals surface area contributed by atoms with E-state index in [-0.39, 0.29) is 5.41 Å². The van der Waals surface area contributed by atoms with Gasteiger partial charge in [0, 0.05) is 23.4 Å². The van der Waals surface area contributed by atoms with Gasteiger partial charge in [0.25, 0.3) is 0 Å². The Hall–Kier alpha value is -0.670. The molecule has 1 aromatic rings. The minimum atomic E-state index is -0.192. The third-order valence-electron chi connectivity index (χ3n) is 3.10. The first-order chi connectivity index (χ1) is 8.13. The van der Waals surface area contributed by atoms with E-state index in [2.05, 4.69) is 43.2 Å². The molecule has 1 rings (SSSR count). The van der Waals surface area contributed by atoms with Crippen LogP contribution in [0.3, 0.4) is 0 Å². The molecule has 0 bridgehead atoms. The summed E-state index contributed by atoms with van der Waals surface area (Å²) in [6.07, 6.45) is 3.16. The van der Waals surface area contributed by atoms with E-state index < -0.39 is 0 Å². The minimum absolute atomic E-state index is 0.192. The van der Waals surface area contributed by atoms with Crippen LogP contribution in [0.2, 0.25) is 0 Å². The second-order valence-electron chi connectivity index (χ2n) is 4.90. The molecule has 0 saturated carbocycles. The Morgan fingerprint density at radius 2 is 2.24 bits per heavy atom. The van der Waals surface area contributed by atoms with E-state index in [4.69, 9.17) is 0 Å². The van der Waals surface area contributed by atoms with Crippen LogP contribution >= 0.6 is 11.3 Å². The lowest BCUT2D eigenvalue weighted by atomic mass is 9.86. The number of carbonyl (C=O) groups excluding carboxylic acids is 1. The lowest BCUT2D eigenvalue weighted by Crippen LogP contribution is -2.36. The Bertz CT molecular complexity index is 323. The van der Waals surface area contributed by atoms with Crippen molar-refractivity contribution < 1.29 is 4.79 Å². The molecule has 0 spiro atoms. The normalized spacial score (nSPS) is 14.8. The van der Waals surface area contributed by atoms with Gasteiger partial charge >= 0.3 is 0 Å². The third-order valence-corrected chi connectivity index (χ3v) is 3.96. The van der Waals surface area contributed by atoms with Crippen LogP contribution in [-0.4, -0.2) is 24.3 Å². The predicted molar refractivity (Wildman–Crippen MR) is 74.3 cm³/mol. The highest BCUT2D eigenvalue weighted by Crippen LogP contribution is 2.23. The fourth-order valence-corrected chi connectivity index (χ4v) is 2.91. The zero-order valence-corrected chi connectivity index (χ0v) is 11.9. The summed E-state index contributed by atoms with van der Waals surface area (Å²) in [5.74, 6) is 0. The molecular formula is C14H23NOS. The van der Waals surface area contributed by atoms with Crippen LogP contribution in [0.1, 0.15) is 38.5 Å². The Kier molecular flexibility index (Phi) is 5.86. The Labute approximate surface area is 109 Å². The molecule has 17 heavy (non-hydrogen) atoms. The standard InChI is InChI=1S/C14H23NOS/c1-4-8-14(3,12-16)11-15(5-2)10-13-7-6-9-17-13/h6-7,9,12H,4-5,8,10-11H2,1-3H3. The summed E-state index contributed by atoms with van der Waals surface area (Å²) in [5.41, 5.74) is -0.192. The molecule has 0 aromatic carbocycles. The summed E-state index contributed by atoms with van der Waals surface area (Å²) < 4.78 is 0. The summed E-state index contributed by atoms with van der Waals surface area (Å²) in [7, 11) is 0. The molecule has 96 valence electrons. The second kappa shape index (κ2) is 6.92. The summed E-state index contributed by atoms with van der Waals surface area (Å²) >= 11 is 1.78. The van der Waals surface area contributed by atoms with E-state index in [0.717, 1.165) is 38.8 Å². The molecule has 0 aliphatic rings. The average Bonchev–Trinajstić information content (AvgIpc) is 2.81. The summed E-state index contributed by atoms with van der Waals surface area (Å²) in [4.78, 5) is 15.0. The van der Waals surface area contributed by atoms with E-state index in [0.29, 0.717) is 0 Å². The van der Waals surface area contributed by atoms with Crippen LogP contribution in [0.4, 0.5) is 0 Å². The molecule has 0 N–H and O–H groups in total.